The van der Waals surface area contributed by atoms with Crippen LogP contribution in [0.25, 0.3) is 11.0 Å². The first-order valence-electron chi connectivity index (χ1n) is 9.34. The van der Waals surface area contributed by atoms with Crippen LogP contribution in [0.1, 0.15) is 33.5 Å². The second kappa shape index (κ2) is 6.81. The zero-order valence-electron chi connectivity index (χ0n) is 16.0. The fourth-order valence-corrected chi connectivity index (χ4v) is 3.91. The molecule has 1 atom stereocenters. The molecule has 0 aliphatic carbocycles. The Kier molecular flexibility index (Phi) is 4.10. The van der Waals surface area contributed by atoms with Crippen molar-refractivity contribution >= 4 is 16.9 Å². The Hall–Kier alpha value is -4.00. The van der Waals surface area contributed by atoms with E-state index in [0.717, 1.165) is 0 Å². The zero-order chi connectivity index (χ0) is 20.8. The molecule has 7 heteroatoms. The zero-order valence-corrected chi connectivity index (χ0v) is 16.0. The maximum absolute atomic E-state index is 13.4. The number of furan rings is 1. The van der Waals surface area contributed by atoms with Crippen LogP contribution in [0.5, 0.6) is 11.5 Å². The summed E-state index contributed by atoms with van der Waals surface area (Å²) in [4.78, 5) is 28.2. The maximum Gasteiger partial charge on any atom is 0.291 e. The lowest BCUT2D eigenvalue weighted by Crippen LogP contribution is -2.29. The quantitative estimate of drug-likeness (QED) is 0.556. The van der Waals surface area contributed by atoms with Crippen molar-refractivity contribution < 1.29 is 23.5 Å². The van der Waals surface area contributed by atoms with E-state index in [1.54, 1.807) is 48.5 Å². The van der Waals surface area contributed by atoms with Crippen LogP contribution in [-0.4, -0.2) is 23.0 Å². The highest BCUT2D eigenvalue weighted by Crippen LogP contribution is 2.41. The molecule has 1 aliphatic rings. The van der Waals surface area contributed by atoms with Gasteiger partial charge in [0.25, 0.3) is 5.91 Å². The van der Waals surface area contributed by atoms with E-state index in [-0.39, 0.29) is 34.8 Å². The molecule has 1 N–H and O–H groups in total. The second-order valence-electron chi connectivity index (χ2n) is 7.02. The molecule has 2 aromatic carbocycles. The van der Waals surface area contributed by atoms with E-state index in [2.05, 4.69) is 0 Å². The van der Waals surface area contributed by atoms with Gasteiger partial charge >= 0.3 is 0 Å². The van der Waals surface area contributed by atoms with Crippen LogP contribution in [0.4, 0.5) is 0 Å². The lowest BCUT2D eigenvalue weighted by Gasteiger charge is -2.24. The number of phenolic OH excluding ortho intramolecular Hbond substituents is 1. The Bertz CT molecular complexity index is 1320. The average Bonchev–Trinajstić information content (AvgIpc) is 3.37. The van der Waals surface area contributed by atoms with E-state index in [0.29, 0.717) is 22.3 Å². The van der Waals surface area contributed by atoms with Gasteiger partial charge in [-0.15, -0.1) is 0 Å². The van der Waals surface area contributed by atoms with Gasteiger partial charge in [-0.05, 0) is 42.0 Å². The Morgan fingerprint density at radius 2 is 1.93 bits per heavy atom. The fraction of sp³-hybridized carbons (Fsp3) is 0.130. The Balaban J connectivity index is 1.75. The Morgan fingerprint density at radius 1 is 1.10 bits per heavy atom. The number of benzene rings is 2. The van der Waals surface area contributed by atoms with Crippen LogP contribution in [-0.2, 0) is 6.54 Å². The summed E-state index contributed by atoms with van der Waals surface area (Å²) in [5, 5.41) is 10.4. The van der Waals surface area contributed by atoms with Crippen molar-refractivity contribution in [3.8, 4) is 11.5 Å². The van der Waals surface area contributed by atoms with Crippen molar-refractivity contribution in [2.45, 2.75) is 12.6 Å². The van der Waals surface area contributed by atoms with Gasteiger partial charge in [-0.1, -0.05) is 18.2 Å². The summed E-state index contributed by atoms with van der Waals surface area (Å²) in [6.45, 7) is 0.152. The second-order valence-corrected chi connectivity index (χ2v) is 7.02. The lowest BCUT2D eigenvalue weighted by atomic mass is 9.98. The van der Waals surface area contributed by atoms with E-state index in [1.165, 1.54) is 24.3 Å². The van der Waals surface area contributed by atoms with Crippen molar-refractivity contribution in [2.24, 2.45) is 0 Å². The third kappa shape index (κ3) is 2.67. The third-order valence-corrected chi connectivity index (χ3v) is 5.30. The number of phenols is 1. The van der Waals surface area contributed by atoms with E-state index >= 15 is 0 Å². The van der Waals surface area contributed by atoms with E-state index in [4.69, 9.17) is 13.6 Å². The van der Waals surface area contributed by atoms with Crippen LogP contribution >= 0.6 is 0 Å². The number of nitrogens with zero attached hydrogens (tertiary/aromatic N) is 1. The summed E-state index contributed by atoms with van der Waals surface area (Å²) in [5.74, 6) is 0.401. The van der Waals surface area contributed by atoms with Gasteiger partial charge in [0.15, 0.2) is 16.9 Å². The molecule has 0 spiro atoms. The molecule has 5 rings (SSSR count). The Morgan fingerprint density at radius 3 is 2.70 bits per heavy atom. The number of hydrogen-bond acceptors (Lipinski definition) is 6. The number of methoxy groups -OCH3 is 1. The molecule has 30 heavy (non-hydrogen) atoms. The molecule has 0 fully saturated rings. The molecular formula is C23H17NO6. The molecule has 0 saturated carbocycles. The van der Waals surface area contributed by atoms with Gasteiger partial charge in [0.05, 0.1) is 36.9 Å². The van der Waals surface area contributed by atoms with Crippen molar-refractivity contribution in [3.63, 3.8) is 0 Å². The van der Waals surface area contributed by atoms with Gasteiger partial charge in [0.1, 0.15) is 11.3 Å². The van der Waals surface area contributed by atoms with E-state index in [9.17, 15) is 14.7 Å². The normalized spacial score (nSPS) is 15.6. The molecule has 3 heterocycles. The van der Waals surface area contributed by atoms with Crippen LogP contribution in [0.3, 0.4) is 0 Å². The molecule has 0 saturated heterocycles. The predicted molar refractivity (Wildman–Crippen MR) is 108 cm³/mol. The molecule has 0 radical (unpaired) electrons. The van der Waals surface area contributed by atoms with E-state index in [1.807, 2.05) is 0 Å². The van der Waals surface area contributed by atoms with Gasteiger partial charge in [-0.2, -0.15) is 0 Å². The number of rotatable bonds is 4. The van der Waals surface area contributed by atoms with Crippen molar-refractivity contribution in [2.75, 3.05) is 7.11 Å². The van der Waals surface area contributed by atoms with Crippen LogP contribution in [0.15, 0.2) is 74.5 Å². The summed E-state index contributed by atoms with van der Waals surface area (Å²) < 4.78 is 16.5. The number of carbonyl (C=O) groups excluding carboxylic acids is 1. The highest BCUT2D eigenvalue weighted by molar-refractivity contribution is 5.99. The number of hydrogen-bond donors (Lipinski definition) is 1. The minimum atomic E-state index is -0.715. The topological polar surface area (TPSA) is 93.1 Å². The first kappa shape index (κ1) is 18.1. The number of ether oxygens (including phenoxy) is 1. The predicted octanol–water partition coefficient (Wildman–Crippen LogP) is 3.85. The van der Waals surface area contributed by atoms with Crippen molar-refractivity contribution in [1.29, 1.82) is 0 Å². The molecule has 0 bridgehead atoms. The smallest absolute Gasteiger partial charge is 0.291 e. The SMILES string of the molecule is COc1cc([C@@H]2c3c(oc4ccccc4c3=O)C(=O)N2Cc2ccco2)ccc1O. The molecule has 4 aromatic rings. The summed E-state index contributed by atoms with van der Waals surface area (Å²) in [6, 6.07) is 14.4. The molecule has 2 aromatic heterocycles. The average molecular weight is 403 g/mol. The summed E-state index contributed by atoms with van der Waals surface area (Å²) in [6.07, 6.45) is 1.53. The van der Waals surface area contributed by atoms with Gasteiger partial charge in [-0.3, -0.25) is 9.59 Å². The number of amides is 1. The minimum absolute atomic E-state index is 0.0160. The van der Waals surface area contributed by atoms with Crippen molar-refractivity contribution in [1.82, 2.24) is 4.90 Å². The van der Waals surface area contributed by atoms with Gasteiger partial charge < -0.3 is 23.6 Å². The molecule has 7 nitrogen and oxygen atoms in total. The number of carbonyl (C=O) groups is 1. The van der Waals surface area contributed by atoms with Gasteiger partial charge in [0, 0.05) is 0 Å². The standard InChI is InChI=1S/C23H17NO6/c1-28-18-11-13(8-9-16(18)25)20-19-21(26)15-6-2-3-7-17(15)30-22(19)23(27)24(20)12-14-5-4-10-29-14/h2-11,20,25H,12H2,1H3/t20-/m1/s1. The molecule has 0 unspecified atom stereocenters. The monoisotopic (exact) mass is 403 g/mol. The van der Waals surface area contributed by atoms with Crippen molar-refractivity contribution in [3.05, 3.63) is 93.7 Å². The van der Waals surface area contributed by atoms with Crippen LogP contribution in [0, 0.1) is 0 Å². The summed E-state index contributed by atoms with van der Waals surface area (Å²) in [5.41, 5.74) is 0.972. The highest BCUT2D eigenvalue weighted by Gasteiger charge is 2.43. The summed E-state index contributed by atoms with van der Waals surface area (Å²) in [7, 11) is 1.44. The lowest BCUT2D eigenvalue weighted by molar-refractivity contribution is 0.0701. The van der Waals surface area contributed by atoms with E-state index < -0.39 is 11.9 Å². The number of fused-ring (bicyclic) bond motifs is 2. The van der Waals surface area contributed by atoms with Crippen LogP contribution in [0.2, 0.25) is 0 Å². The highest BCUT2D eigenvalue weighted by atomic mass is 16.5. The molecule has 1 amide bonds. The largest absolute Gasteiger partial charge is 0.504 e. The summed E-state index contributed by atoms with van der Waals surface area (Å²) >= 11 is 0. The molecule has 1 aliphatic heterocycles. The number of aromatic hydroxyl groups is 1. The molecular weight excluding hydrogens is 386 g/mol. The van der Waals surface area contributed by atoms with Crippen LogP contribution < -0.4 is 10.2 Å². The molecule has 150 valence electrons. The first-order valence-corrected chi connectivity index (χ1v) is 9.34. The van der Waals surface area contributed by atoms with Gasteiger partial charge in [-0.25, -0.2) is 0 Å². The number of para-hydroxylation sites is 1. The fourth-order valence-electron chi connectivity index (χ4n) is 3.91. The third-order valence-electron chi connectivity index (χ3n) is 5.30. The maximum atomic E-state index is 13.4. The first-order chi connectivity index (χ1) is 14.6. The minimum Gasteiger partial charge on any atom is -0.504 e. The van der Waals surface area contributed by atoms with Gasteiger partial charge in [0.2, 0.25) is 5.76 Å². The Labute approximate surface area is 170 Å².